The van der Waals surface area contributed by atoms with Crippen LogP contribution < -0.4 is 9.47 Å². The fourth-order valence-corrected chi connectivity index (χ4v) is 3.05. The van der Waals surface area contributed by atoms with E-state index in [1.807, 2.05) is 63.2 Å². The van der Waals surface area contributed by atoms with E-state index in [4.69, 9.17) is 14.2 Å². The van der Waals surface area contributed by atoms with Crippen molar-refractivity contribution in [3.63, 3.8) is 0 Å². The van der Waals surface area contributed by atoms with Crippen LogP contribution in [-0.2, 0) is 9.53 Å². The molecule has 0 aliphatic carbocycles. The first-order valence-electron chi connectivity index (χ1n) is 9.33. The van der Waals surface area contributed by atoms with Gasteiger partial charge in [0.25, 0.3) is 0 Å². The Morgan fingerprint density at radius 3 is 2.28 bits per heavy atom. The molecule has 0 saturated heterocycles. The van der Waals surface area contributed by atoms with Gasteiger partial charge in [-0.25, -0.2) is 4.79 Å². The second kappa shape index (κ2) is 8.35. The summed E-state index contributed by atoms with van der Waals surface area (Å²) in [5, 5.41) is 1.78. The third-order valence-electron chi connectivity index (χ3n) is 4.27. The molecule has 0 N–H and O–H groups in total. The molecule has 2 aromatic carbocycles. The minimum Gasteiger partial charge on any atom is -0.493 e. The number of fused-ring (bicyclic) bond motifs is 1. The van der Waals surface area contributed by atoms with Crippen molar-refractivity contribution in [1.82, 2.24) is 4.98 Å². The topological polar surface area (TPSA) is 57.7 Å². The van der Waals surface area contributed by atoms with E-state index in [1.165, 1.54) is 6.08 Å². The number of benzene rings is 2. The van der Waals surface area contributed by atoms with Gasteiger partial charge in [-0.2, -0.15) is 0 Å². The number of pyridine rings is 1. The highest BCUT2D eigenvalue weighted by atomic mass is 16.6. The Labute approximate surface area is 170 Å². The second-order valence-electron chi connectivity index (χ2n) is 7.55. The molecule has 150 valence electrons. The van der Waals surface area contributed by atoms with Gasteiger partial charge in [0.2, 0.25) is 0 Å². The van der Waals surface area contributed by atoms with Gasteiger partial charge >= 0.3 is 5.97 Å². The quantitative estimate of drug-likeness (QED) is 0.438. The Hall–Kier alpha value is -3.34. The molecule has 0 fully saturated rings. The molecule has 0 bridgehead atoms. The van der Waals surface area contributed by atoms with Crippen molar-refractivity contribution in [3.05, 3.63) is 60.3 Å². The molecular formula is C24H25NO4. The fourth-order valence-electron chi connectivity index (χ4n) is 3.05. The number of hydrogen-bond acceptors (Lipinski definition) is 5. The minimum absolute atomic E-state index is 0.408. The van der Waals surface area contributed by atoms with Crippen molar-refractivity contribution < 1.29 is 19.0 Å². The number of carbonyl (C=O) groups is 1. The van der Waals surface area contributed by atoms with Crippen molar-refractivity contribution in [2.75, 3.05) is 14.2 Å². The molecule has 5 heteroatoms. The number of hydrogen-bond donors (Lipinski definition) is 0. The second-order valence-corrected chi connectivity index (χ2v) is 7.55. The van der Waals surface area contributed by atoms with Gasteiger partial charge < -0.3 is 14.2 Å². The zero-order valence-electron chi connectivity index (χ0n) is 17.4. The summed E-state index contributed by atoms with van der Waals surface area (Å²) in [7, 11) is 3.19. The smallest absolute Gasteiger partial charge is 0.331 e. The average Bonchev–Trinajstić information content (AvgIpc) is 2.70. The molecule has 0 saturated carbocycles. The summed E-state index contributed by atoms with van der Waals surface area (Å²) in [4.78, 5) is 16.9. The Bertz CT molecular complexity index is 1050. The van der Waals surface area contributed by atoms with Crippen LogP contribution in [0.25, 0.3) is 28.1 Å². The molecule has 3 aromatic rings. The molecule has 0 unspecified atom stereocenters. The standard InChI is InChI=1S/C24H25NO4/c1-24(2,3)29-22(26)12-11-18-19-14-21(28-5)20(27-4)13-17(19)15-25-23(18)16-9-7-6-8-10-16/h6-15H,1-5H3/b12-11+. The summed E-state index contributed by atoms with van der Waals surface area (Å²) in [5.41, 5.74) is 1.97. The van der Waals surface area contributed by atoms with Gasteiger partial charge in [-0.05, 0) is 44.4 Å². The van der Waals surface area contributed by atoms with Gasteiger partial charge in [0.05, 0.1) is 19.9 Å². The Balaban J connectivity index is 2.20. The van der Waals surface area contributed by atoms with E-state index in [9.17, 15) is 4.79 Å². The van der Waals surface area contributed by atoms with E-state index in [0.717, 1.165) is 27.6 Å². The first kappa shape index (κ1) is 20.4. The summed E-state index contributed by atoms with van der Waals surface area (Å²) >= 11 is 0. The Morgan fingerprint density at radius 1 is 1.00 bits per heavy atom. The molecule has 0 atom stereocenters. The van der Waals surface area contributed by atoms with Crippen molar-refractivity contribution in [2.45, 2.75) is 26.4 Å². The van der Waals surface area contributed by atoms with E-state index in [2.05, 4.69) is 4.98 Å². The fraction of sp³-hybridized carbons (Fsp3) is 0.250. The van der Waals surface area contributed by atoms with Gasteiger partial charge in [-0.15, -0.1) is 0 Å². The van der Waals surface area contributed by atoms with Crippen LogP contribution in [0, 0.1) is 0 Å². The SMILES string of the molecule is COc1cc2cnc(-c3ccccc3)c(/C=C/C(=O)OC(C)(C)C)c2cc1OC. The molecule has 0 aliphatic heterocycles. The van der Waals surface area contributed by atoms with Gasteiger partial charge in [0.15, 0.2) is 11.5 Å². The molecule has 0 aliphatic rings. The third-order valence-corrected chi connectivity index (χ3v) is 4.27. The maximum absolute atomic E-state index is 12.3. The Morgan fingerprint density at radius 2 is 1.66 bits per heavy atom. The normalized spacial score (nSPS) is 11.6. The monoisotopic (exact) mass is 391 g/mol. The zero-order chi connectivity index (χ0) is 21.0. The highest BCUT2D eigenvalue weighted by Gasteiger charge is 2.16. The van der Waals surface area contributed by atoms with Crippen LogP contribution in [-0.4, -0.2) is 30.8 Å². The predicted octanol–water partition coefficient (Wildman–Crippen LogP) is 5.27. The van der Waals surface area contributed by atoms with Crippen LogP contribution >= 0.6 is 0 Å². The third kappa shape index (κ3) is 4.74. The number of esters is 1. The van der Waals surface area contributed by atoms with E-state index in [1.54, 1.807) is 26.5 Å². The average molecular weight is 391 g/mol. The zero-order valence-corrected chi connectivity index (χ0v) is 17.4. The van der Waals surface area contributed by atoms with Crippen molar-refractivity contribution >= 4 is 22.8 Å². The number of ether oxygens (including phenoxy) is 3. The van der Waals surface area contributed by atoms with E-state index < -0.39 is 11.6 Å². The maximum atomic E-state index is 12.3. The molecule has 0 spiro atoms. The van der Waals surface area contributed by atoms with Crippen LogP contribution in [0.3, 0.4) is 0 Å². The number of carbonyl (C=O) groups excluding carboxylic acids is 1. The highest BCUT2D eigenvalue weighted by molar-refractivity contribution is 6.00. The number of methoxy groups -OCH3 is 2. The molecule has 1 heterocycles. The summed E-state index contributed by atoms with van der Waals surface area (Å²) in [6.45, 7) is 5.51. The van der Waals surface area contributed by atoms with Gasteiger partial charge in [-0.3, -0.25) is 4.98 Å². The van der Waals surface area contributed by atoms with Crippen molar-refractivity contribution in [3.8, 4) is 22.8 Å². The van der Waals surface area contributed by atoms with Gasteiger partial charge in [0.1, 0.15) is 5.60 Å². The van der Waals surface area contributed by atoms with E-state index in [0.29, 0.717) is 11.5 Å². The lowest BCUT2D eigenvalue weighted by molar-refractivity contribution is -0.148. The van der Waals surface area contributed by atoms with Crippen LogP contribution in [0.2, 0.25) is 0 Å². The van der Waals surface area contributed by atoms with Crippen LogP contribution in [0.5, 0.6) is 11.5 Å². The van der Waals surface area contributed by atoms with Crippen molar-refractivity contribution in [1.29, 1.82) is 0 Å². The first-order chi connectivity index (χ1) is 13.8. The largest absolute Gasteiger partial charge is 0.493 e. The number of aromatic nitrogens is 1. The molecule has 29 heavy (non-hydrogen) atoms. The lowest BCUT2D eigenvalue weighted by Gasteiger charge is -2.18. The van der Waals surface area contributed by atoms with E-state index >= 15 is 0 Å². The van der Waals surface area contributed by atoms with Crippen LogP contribution in [0.15, 0.2) is 54.7 Å². The summed E-state index contributed by atoms with van der Waals surface area (Å²) in [6, 6.07) is 13.6. The number of rotatable bonds is 5. The predicted molar refractivity (Wildman–Crippen MR) is 115 cm³/mol. The minimum atomic E-state index is -0.558. The lowest BCUT2D eigenvalue weighted by Crippen LogP contribution is -2.22. The maximum Gasteiger partial charge on any atom is 0.331 e. The molecule has 0 amide bonds. The number of nitrogens with zero attached hydrogens (tertiary/aromatic N) is 1. The van der Waals surface area contributed by atoms with E-state index in [-0.39, 0.29) is 0 Å². The van der Waals surface area contributed by atoms with Crippen LogP contribution in [0.4, 0.5) is 0 Å². The van der Waals surface area contributed by atoms with Gasteiger partial charge in [0, 0.05) is 28.8 Å². The molecule has 0 radical (unpaired) electrons. The summed E-state index contributed by atoms with van der Waals surface area (Å²) in [6.07, 6.45) is 4.98. The first-order valence-corrected chi connectivity index (χ1v) is 9.33. The molecule has 3 rings (SSSR count). The summed E-state index contributed by atoms with van der Waals surface area (Å²) < 4.78 is 16.3. The lowest BCUT2D eigenvalue weighted by atomic mass is 9.99. The molecular weight excluding hydrogens is 366 g/mol. The highest BCUT2D eigenvalue weighted by Crippen LogP contribution is 2.36. The molecule has 5 nitrogen and oxygen atoms in total. The van der Waals surface area contributed by atoms with Crippen molar-refractivity contribution in [2.24, 2.45) is 0 Å². The van der Waals surface area contributed by atoms with Gasteiger partial charge in [-0.1, -0.05) is 30.3 Å². The van der Waals surface area contributed by atoms with Crippen LogP contribution in [0.1, 0.15) is 26.3 Å². The molecule has 1 aromatic heterocycles. The summed E-state index contributed by atoms with van der Waals surface area (Å²) in [5.74, 6) is 0.822. The Kier molecular flexibility index (Phi) is 5.87.